The Kier molecular flexibility index (Phi) is 5.45. The maximum absolute atomic E-state index is 12.7. The van der Waals surface area contributed by atoms with E-state index in [0.29, 0.717) is 13.1 Å². The first kappa shape index (κ1) is 19.3. The number of non-ortho nitro benzene ring substituents is 1. The van der Waals surface area contributed by atoms with Gasteiger partial charge in [-0.15, -0.1) is 0 Å². The molecule has 2 aromatic carbocycles. The van der Waals surface area contributed by atoms with Crippen molar-refractivity contribution in [1.82, 2.24) is 4.31 Å². The van der Waals surface area contributed by atoms with Crippen molar-refractivity contribution in [2.45, 2.75) is 17.7 Å². The van der Waals surface area contributed by atoms with E-state index >= 15 is 0 Å². The molecule has 3 rings (SSSR count). The van der Waals surface area contributed by atoms with Gasteiger partial charge in [0.1, 0.15) is 10.6 Å². The Labute approximate surface area is 160 Å². The first-order chi connectivity index (χ1) is 12.8. The molecule has 0 radical (unpaired) electrons. The second-order valence-electron chi connectivity index (χ2n) is 5.90. The van der Waals surface area contributed by atoms with Gasteiger partial charge in [0.2, 0.25) is 10.0 Å². The quantitative estimate of drug-likeness (QED) is 0.324. The number of nitrogens with zero attached hydrogens (tertiary/aromatic N) is 2. The fourth-order valence-corrected chi connectivity index (χ4v) is 4.74. The zero-order valence-corrected chi connectivity index (χ0v) is 15.6. The molecule has 1 aliphatic rings. The van der Waals surface area contributed by atoms with Crippen molar-refractivity contribution < 1.29 is 22.9 Å². The van der Waals surface area contributed by atoms with Crippen LogP contribution in [0.1, 0.15) is 23.2 Å². The lowest BCUT2D eigenvalue weighted by molar-refractivity contribution is -0.384. The number of ether oxygens (including phenoxy) is 1. The van der Waals surface area contributed by atoms with Gasteiger partial charge in [0.15, 0.2) is 0 Å². The summed E-state index contributed by atoms with van der Waals surface area (Å²) in [6.45, 7) is 0.808. The van der Waals surface area contributed by atoms with Gasteiger partial charge >= 0.3 is 5.97 Å². The number of hydrogen-bond donors (Lipinski definition) is 0. The third-order valence-electron chi connectivity index (χ3n) is 4.09. The third kappa shape index (κ3) is 4.10. The van der Waals surface area contributed by atoms with E-state index in [2.05, 4.69) is 0 Å². The summed E-state index contributed by atoms with van der Waals surface area (Å²) in [7, 11) is -3.81. The Hall–Kier alpha value is -2.49. The molecule has 1 fully saturated rings. The molecular weight excluding hydrogens is 396 g/mol. The number of carbonyl (C=O) groups is 1. The average Bonchev–Trinajstić information content (AvgIpc) is 3.17. The van der Waals surface area contributed by atoms with Crippen molar-refractivity contribution in [3.05, 3.63) is 63.2 Å². The van der Waals surface area contributed by atoms with Crippen LogP contribution in [0.4, 0.5) is 5.69 Å². The minimum atomic E-state index is -3.81. The zero-order chi connectivity index (χ0) is 19.6. The highest BCUT2D eigenvalue weighted by Crippen LogP contribution is 2.29. The molecule has 1 heterocycles. The van der Waals surface area contributed by atoms with E-state index in [-0.39, 0.29) is 26.9 Å². The minimum absolute atomic E-state index is 0.00815. The Morgan fingerprint density at radius 3 is 2.52 bits per heavy atom. The van der Waals surface area contributed by atoms with Crippen LogP contribution in [0.25, 0.3) is 0 Å². The highest BCUT2D eigenvalue weighted by Gasteiger charge is 2.30. The number of hydrogen-bond acceptors (Lipinski definition) is 6. The van der Waals surface area contributed by atoms with Crippen LogP contribution in [0.5, 0.6) is 5.75 Å². The van der Waals surface area contributed by atoms with E-state index in [9.17, 15) is 23.3 Å². The largest absolute Gasteiger partial charge is 0.423 e. The number of benzene rings is 2. The van der Waals surface area contributed by atoms with Gasteiger partial charge in [-0.3, -0.25) is 10.1 Å². The number of sulfonamides is 1. The van der Waals surface area contributed by atoms with Crippen molar-refractivity contribution in [2.24, 2.45) is 0 Å². The zero-order valence-electron chi connectivity index (χ0n) is 14.0. The lowest BCUT2D eigenvalue weighted by Crippen LogP contribution is -2.28. The van der Waals surface area contributed by atoms with Gasteiger partial charge in [-0.1, -0.05) is 17.7 Å². The van der Waals surface area contributed by atoms with Crippen LogP contribution in [0.2, 0.25) is 5.02 Å². The lowest BCUT2D eigenvalue weighted by atomic mass is 10.2. The van der Waals surface area contributed by atoms with Gasteiger partial charge in [0.05, 0.1) is 21.6 Å². The summed E-state index contributed by atoms with van der Waals surface area (Å²) < 4.78 is 31.9. The summed E-state index contributed by atoms with van der Waals surface area (Å²) in [6.07, 6.45) is 1.54. The number of esters is 1. The topological polar surface area (TPSA) is 107 Å². The van der Waals surface area contributed by atoms with E-state index in [4.69, 9.17) is 16.3 Å². The molecule has 27 heavy (non-hydrogen) atoms. The number of nitro benzene ring substituents is 1. The summed E-state index contributed by atoms with van der Waals surface area (Å²) in [5.41, 5.74) is -0.252. The van der Waals surface area contributed by atoms with Crippen LogP contribution in [0.15, 0.2) is 47.4 Å². The van der Waals surface area contributed by atoms with Crippen molar-refractivity contribution >= 4 is 33.3 Å². The first-order valence-electron chi connectivity index (χ1n) is 8.05. The van der Waals surface area contributed by atoms with Crippen molar-refractivity contribution in [2.75, 3.05) is 13.1 Å². The molecule has 0 unspecified atom stereocenters. The molecule has 0 bridgehead atoms. The molecule has 1 saturated heterocycles. The highest BCUT2D eigenvalue weighted by molar-refractivity contribution is 7.89. The van der Waals surface area contributed by atoms with Crippen molar-refractivity contribution in [3.8, 4) is 5.75 Å². The average molecular weight is 411 g/mol. The minimum Gasteiger partial charge on any atom is -0.423 e. The normalized spacial score (nSPS) is 14.9. The van der Waals surface area contributed by atoms with E-state index in [1.807, 2.05) is 0 Å². The molecule has 1 aliphatic heterocycles. The Morgan fingerprint density at radius 1 is 1.15 bits per heavy atom. The number of rotatable bonds is 5. The summed E-state index contributed by atoms with van der Waals surface area (Å²) in [6, 6.07) is 8.96. The number of nitro groups is 1. The van der Waals surface area contributed by atoms with Crippen LogP contribution >= 0.6 is 11.6 Å². The van der Waals surface area contributed by atoms with Crippen LogP contribution in [-0.2, 0) is 10.0 Å². The van der Waals surface area contributed by atoms with E-state index < -0.39 is 20.9 Å². The van der Waals surface area contributed by atoms with E-state index in [0.717, 1.165) is 25.0 Å². The molecule has 0 N–H and O–H groups in total. The molecule has 2 aromatic rings. The Morgan fingerprint density at radius 2 is 1.85 bits per heavy atom. The van der Waals surface area contributed by atoms with Crippen LogP contribution in [0.3, 0.4) is 0 Å². The summed E-state index contributed by atoms with van der Waals surface area (Å²) in [4.78, 5) is 22.4. The molecular formula is C17H15ClN2O6S. The predicted molar refractivity (Wildman–Crippen MR) is 97.5 cm³/mol. The van der Waals surface area contributed by atoms with Gasteiger partial charge in [0.25, 0.3) is 5.69 Å². The second-order valence-corrected chi connectivity index (χ2v) is 8.21. The third-order valence-corrected chi connectivity index (χ3v) is 6.47. The Balaban J connectivity index is 1.88. The van der Waals surface area contributed by atoms with E-state index in [1.54, 1.807) is 0 Å². The van der Waals surface area contributed by atoms with Gasteiger partial charge in [-0.05, 0) is 37.1 Å². The number of carbonyl (C=O) groups excluding carboxylic acids is 1. The first-order valence-corrected chi connectivity index (χ1v) is 9.87. The fourth-order valence-electron chi connectivity index (χ4n) is 2.72. The van der Waals surface area contributed by atoms with E-state index in [1.165, 1.54) is 34.6 Å². The SMILES string of the molecule is O=C(Oc1cccc([N+](=O)[O-])c1)c1ccc(Cl)c(S(=O)(=O)N2CCCC2)c1. The molecule has 10 heteroatoms. The van der Waals surface area contributed by atoms with Crippen molar-refractivity contribution in [1.29, 1.82) is 0 Å². The summed E-state index contributed by atoms with van der Waals surface area (Å²) in [5, 5.41) is 10.8. The smallest absolute Gasteiger partial charge is 0.343 e. The predicted octanol–water partition coefficient (Wildman–Crippen LogP) is 3.25. The molecule has 0 aromatic heterocycles. The number of halogens is 1. The van der Waals surface area contributed by atoms with Crippen LogP contribution in [-0.4, -0.2) is 36.7 Å². The maximum atomic E-state index is 12.7. The lowest BCUT2D eigenvalue weighted by Gasteiger charge is -2.17. The van der Waals surface area contributed by atoms with Crippen molar-refractivity contribution in [3.63, 3.8) is 0 Å². The molecule has 0 atom stereocenters. The van der Waals surface area contributed by atoms with Crippen LogP contribution in [0, 0.1) is 10.1 Å². The fraction of sp³-hybridized carbons (Fsp3) is 0.235. The molecule has 8 nitrogen and oxygen atoms in total. The van der Waals surface area contributed by atoms with Gasteiger partial charge < -0.3 is 4.74 Å². The summed E-state index contributed by atoms with van der Waals surface area (Å²) in [5.74, 6) is -0.863. The van der Waals surface area contributed by atoms with Gasteiger partial charge in [0, 0.05) is 19.2 Å². The monoisotopic (exact) mass is 410 g/mol. The Bertz CT molecular complexity index is 1000. The van der Waals surface area contributed by atoms with Gasteiger partial charge in [-0.25, -0.2) is 13.2 Å². The van der Waals surface area contributed by atoms with Gasteiger partial charge in [-0.2, -0.15) is 4.31 Å². The van der Waals surface area contributed by atoms with Crippen LogP contribution < -0.4 is 4.74 Å². The molecule has 0 spiro atoms. The second kappa shape index (κ2) is 7.63. The molecule has 0 saturated carbocycles. The standard InChI is InChI=1S/C17H15ClN2O6S/c18-15-7-6-12(10-16(15)27(24,25)19-8-1-2-9-19)17(21)26-14-5-3-4-13(11-14)20(22)23/h3-7,10-11H,1-2,8-9H2. The highest BCUT2D eigenvalue weighted by atomic mass is 35.5. The molecule has 142 valence electrons. The maximum Gasteiger partial charge on any atom is 0.343 e. The molecule has 0 aliphatic carbocycles. The molecule has 0 amide bonds. The summed E-state index contributed by atoms with van der Waals surface area (Å²) >= 11 is 6.05.